The first-order chi connectivity index (χ1) is 15.9. The number of hydrogen-bond acceptors (Lipinski definition) is 7. The standard InChI is InChI=1S/C23H26N6O3S/c1-3-17-21(26-14-25-17)22(33(2,30)31)19-13-20(29-8-10-32-11-9-29)28-23(27-19)16-4-5-18-15(12-16)6-7-24-18/h4-7,12-14,22,24H,3,8-11H2,1-2H3,(H,25,26). The number of rotatable bonds is 6. The molecule has 4 aromatic rings. The van der Waals surface area contributed by atoms with Crippen LogP contribution in [0.3, 0.4) is 0 Å². The van der Waals surface area contributed by atoms with E-state index in [1.807, 2.05) is 37.4 Å². The van der Waals surface area contributed by atoms with E-state index in [0.29, 0.717) is 55.8 Å². The second-order valence-electron chi connectivity index (χ2n) is 8.18. The summed E-state index contributed by atoms with van der Waals surface area (Å²) in [6.07, 6.45) is 5.29. The summed E-state index contributed by atoms with van der Waals surface area (Å²) < 4.78 is 31.5. The van der Waals surface area contributed by atoms with Crippen molar-refractivity contribution in [3.05, 3.63) is 59.9 Å². The van der Waals surface area contributed by atoms with Gasteiger partial charge in [-0.3, -0.25) is 0 Å². The molecule has 1 saturated heterocycles. The van der Waals surface area contributed by atoms with Crippen molar-refractivity contribution in [1.82, 2.24) is 24.9 Å². The van der Waals surface area contributed by atoms with Crippen LogP contribution < -0.4 is 4.90 Å². The van der Waals surface area contributed by atoms with Gasteiger partial charge in [-0.2, -0.15) is 0 Å². The Morgan fingerprint density at radius 3 is 2.70 bits per heavy atom. The van der Waals surface area contributed by atoms with E-state index in [9.17, 15) is 8.42 Å². The van der Waals surface area contributed by atoms with Gasteiger partial charge in [-0.05, 0) is 30.7 Å². The van der Waals surface area contributed by atoms with E-state index in [1.54, 1.807) is 6.07 Å². The molecule has 0 saturated carbocycles. The lowest BCUT2D eigenvalue weighted by molar-refractivity contribution is 0.122. The molecule has 9 nitrogen and oxygen atoms in total. The van der Waals surface area contributed by atoms with Crippen molar-refractivity contribution in [3.63, 3.8) is 0 Å². The average molecular weight is 467 g/mol. The number of aromatic amines is 2. The predicted octanol–water partition coefficient (Wildman–Crippen LogP) is 2.88. The number of nitrogens with one attached hydrogen (secondary N) is 2. The number of aromatic nitrogens is 5. The van der Waals surface area contributed by atoms with Crippen molar-refractivity contribution in [2.75, 3.05) is 37.5 Å². The lowest BCUT2D eigenvalue weighted by Crippen LogP contribution is -2.37. The number of hydrogen-bond donors (Lipinski definition) is 2. The summed E-state index contributed by atoms with van der Waals surface area (Å²) in [6.45, 7) is 4.52. The SMILES string of the molecule is CCc1[nH]cnc1C(c1cc(N2CCOCC2)nc(-c2ccc3[nH]ccc3c2)n1)S(C)(=O)=O. The summed E-state index contributed by atoms with van der Waals surface area (Å²) in [5.74, 6) is 1.18. The number of ether oxygens (including phenoxy) is 1. The second kappa shape index (κ2) is 8.60. The van der Waals surface area contributed by atoms with Gasteiger partial charge in [0.2, 0.25) is 0 Å². The summed E-state index contributed by atoms with van der Waals surface area (Å²) in [4.78, 5) is 22.4. The van der Waals surface area contributed by atoms with Crippen LogP contribution in [0.15, 0.2) is 42.9 Å². The minimum Gasteiger partial charge on any atom is -0.378 e. The van der Waals surface area contributed by atoms with Gasteiger partial charge in [0.15, 0.2) is 15.7 Å². The number of morpholine rings is 1. The van der Waals surface area contributed by atoms with Crippen LogP contribution in [0.2, 0.25) is 0 Å². The van der Waals surface area contributed by atoms with Gasteiger partial charge in [-0.15, -0.1) is 0 Å². The molecule has 172 valence electrons. The van der Waals surface area contributed by atoms with Crippen LogP contribution in [-0.2, 0) is 21.0 Å². The van der Waals surface area contributed by atoms with Gasteiger partial charge in [0.1, 0.15) is 11.1 Å². The second-order valence-corrected chi connectivity index (χ2v) is 10.3. The highest BCUT2D eigenvalue weighted by Crippen LogP contribution is 2.33. The van der Waals surface area contributed by atoms with Gasteiger partial charge < -0.3 is 19.6 Å². The molecule has 1 unspecified atom stereocenters. The van der Waals surface area contributed by atoms with Crippen molar-refractivity contribution in [3.8, 4) is 11.4 Å². The van der Waals surface area contributed by atoms with E-state index in [4.69, 9.17) is 14.7 Å². The van der Waals surface area contributed by atoms with Gasteiger partial charge in [0.25, 0.3) is 0 Å². The zero-order chi connectivity index (χ0) is 23.0. The summed E-state index contributed by atoms with van der Waals surface area (Å²) in [7, 11) is -3.57. The first-order valence-electron chi connectivity index (χ1n) is 10.9. The first-order valence-corrected chi connectivity index (χ1v) is 12.9. The summed E-state index contributed by atoms with van der Waals surface area (Å²) in [6, 6.07) is 9.70. The molecule has 2 N–H and O–H groups in total. The van der Waals surface area contributed by atoms with Crippen molar-refractivity contribution in [2.24, 2.45) is 0 Å². The van der Waals surface area contributed by atoms with Gasteiger partial charge in [0, 0.05) is 53.8 Å². The fourth-order valence-corrected chi connectivity index (χ4v) is 5.43. The Hall–Kier alpha value is -3.24. The Morgan fingerprint density at radius 1 is 1.12 bits per heavy atom. The molecule has 0 amide bonds. The summed E-state index contributed by atoms with van der Waals surface area (Å²) >= 11 is 0. The van der Waals surface area contributed by atoms with Crippen molar-refractivity contribution < 1.29 is 13.2 Å². The third-order valence-corrected chi connectivity index (χ3v) is 7.25. The molecule has 0 bridgehead atoms. The third kappa shape index (κ3) is 4.23. The van der Waals surface area contributed by atoms with Crippen molar-refractivity contribution in [1.29, 1.82) is 0 Å². The smallest absolute Gasteiger partial charge is 0.161 e. The maximum absolute atomic E-state index is 13.0. The predicted molar refractivity (Wildman–Crippen MR) is 127 cm³/mol. The maximum Gasteiger partial charge on any atom is 0.161 e. The highest BCUT2D eigenvalue weighted by atomic mass is 32.2. The monoisotopic (exact) mass is 466 g/mol. The minimum atomic E-state index is -3.57. The van der Waals surface area contributed by atoms with Crippen LogP contribution in [0.1, 0.15) is 29.3 Å². The topological polar surface area (TPSA) is 117 Å². The Balaban J connectivity index is 1.70. The normalized spacial score (nSPS) is 15.8. The number of aryl methyl sites for hydroxylation is 1. The fraction of sp³-hybridized carbons (Fsp3) is 0.348. The van der Waals surface area contributed by atoms with Crippen LogP contribution in [0.5, 0.6) is 0 Å². The molecule has 1 aliphatic heterocycles. The lowest BCUT2D eigenvalue weighted by Gasteiger charge is -2.28. The van der Waals surface area contributed by atoms with Crippen LogP contribution in [0.4, 0.5) is 5.82 Å². The Morgan fingerprint density at radius 2 is 1.94 bits per heavy atom. The molecule has 3 aromatic heterocycles. The molecule has 0 spiro atoms. The zero-order valence-electron chi connectivity index (χ0n) is 18.6. The average Bonchev–Trinajstić information content (AvgIpc) is 3.47. The summed E-state index contributed by atoms with van der Waals surface area (Å²) in [5.41, 5.74) is 3.52. The molecular formula is C23H26N6O3S. The number of benzene rings is 1. The largest absolute Gasteiger partial charge is 0.378 e. The molecule has 33 heavy (non-hydrogen) atoms. The number of H-pyrrole nitrogens is 2. The third-order valence-electron chi connectivity index (χ3n) is 5.93. The number of imidazole rings is 1. The van der Waals surface area contributed by atoms with Gasteiger partial charge in [-0.1, -0.05) is 6.92 Å². The molecule has 0 radical (unpaired) electrons. The van der Waals surface area contributed by atoms with Gasteiger partial charge in [0.05, 0.1) is 30.9 Å². The summed E-state index contributed by atoms with van der Waals surface area (Å²) in [5, 5.41) is 0.0471. The van der Waals surface area contributed by atoms with Crippen LogP contribution in [0.25, 0.3) is 22.3 Å². The Labute approximate surface area is 192 Å². The fourth-order valence-electron chi connectivity index (χ4n) is 4.27. The molecule has 1 atom stereocenters. The highest BCUT2D eigenvalue weighted by Gasteiger charge is 2.32. The number of nitrogens with zero attached hydrogens (tertiary/aromatic N) is 4. The molecule has 0 aliphatic carbocycles. The van der Waals surface area contributed by atoms with Crippen LogP contribution in [-0.4, -0.2) is 65.9 Å². The molecule has 4 heterocycles. The molecular weight excluding hydrogens is 440 g/mol. The van der Waals surface area contributed by atoms with Crippen LogP contribution >= 0.6 is 0 Å². The van der Waals surface area contributed by atoms with E-state index in [0.717, 1.165) is 22.2 Å². The molecule has 1 fully saturated rings. The first kappa shape index (κ1) is 21.6. The minimum absolute atomic E-state index is 0.417. The Kier molecular flexibility index (Phi) is 5.63. The van der Waals surface area contributed by atoms with Crippen molar-refractivity contribution in [2.45, 2.75) is 18.6 Å². The highest BCUT2D eigenvalue weighted by molar-refractivity contribution is 7.91. The molecule has 1 aliphatic rings. The zero-order valence-corrected chi connectivity index (χ0v) is 19.4. The van der Waals surface area contributed by atoms with Gasteiger partial charge >= 0.3 is 0 Å². The van der Waals surface area contributed by atoms with Gasteiger partial charge in [-0.25, -0.2) is 23.4 Å². The maximum atomic E-state index is 13.0. The quantitative estimate of drug-likeness (QED) is 0.449. The van der Waals surface area contributed by atoms with Crippen molar-refractivity contribution >= 4 is 26.6 Å². The lowest BCUT2D eigenvalue weighted by atomic mass is 10.1. The number of sulfone groups is 1. The molecule has 1 aromatic carbocycles. The van der Waals surface area contributed by atoms with E-state index >= 15 is 0 Å². The van der Waals surface area contributed by atoms with E-state index in [2.05, 4.69) is 19.9 Å². The Bertz CT molecular complexity index is 1390. The van der Waals surface area contributed by atoms with E-state index in [1.165, 1.54) is 12.6 Å². The number of anilines is 1. The molecule has 5 rings (SSSR count). The molecule has 10 heteroatoms. The van der Waals surface area contributed by atoms with E-state index < -0.39 is 15.1 Å². The number of fused-ring (bicyclic) bond motifs is 1. The van der Waals surface area contributed by atoms with E-state index in [-0.39, 0.29) is 0 Å². The van der Waals surface area contributed by atoms with Crippen LogP contribution in [0, 0.1) is 0 Å².